The van der Waals surface area contributed by atoms with E-state index in [1.807, 2.05) is 12.1 Å². The van der Waals surface area contributed by atoms with Crippen molar-refractivity contribution in [1.29, 1.82) is 0 Å². The quantitative estimate of drug-likeness (QED) is 0.817. The van der Waals surface area contributed by atoms with Crippen molar-refractivity contribution in [3.8, 4) is 0 Å². The fourth-order valence-electron chi connectivity index (χ4n) is 3.20. The van der Waals surface area contributed by atoms with Crippen molar-refractivity contribution in [3.63, 3.8) is 0 Å². The zero-order valence-electron chi connectivity index (χ0n) is 12.2. The zero-order valence-corrected chi connectivity index (χ0v) is 13.7. The number of aliphatic hydroxyl groups is 1. The summed E-state index contributed by atoms with van der Waals surface area (Å²) in [4.78, 5) is 1.20. The van der Waals surface area contributed by atoms with E-state index in [0.29, 0.717) is 11.3 Å². The molecule has 2 rings (SSSR count). The summed E-state index contributed by atoms with van der Waals surface area (Å²) in [6, 6.07) is 3.96. The Morgan fingerprint density at radius 2 is 1.89 bits per heavy atom. The second-order valence-corrected chi connectivity index (χ2v) is 8.75. The maximum Gasteiger partial charge on any atom is 0.0931 e. The molecule has 1 aliphatic rings. The second kappa shape index (κ2) is 6.15. The first kappa shape index (κ1) is 15.3. The monoisotopic (exact) mass is 300 g/mol. The largest absolute Gasteiger partial charge is 0.392 e. The van der Waals surface area contributed by atoms with Crippen LogP contribution in [0.4, 0.5) is 0 Å². The highest BCUT2D eigenvalue weighted by molar-refractivity contribution is 7.16. The normalized spacial score (nSPS) is 26.4. The SMILES string of the molecule is CC(C)(C)C1CCC(C(O)Cc2ccc(Cl)s2)CC1. The van der Waals surface area contributed by atoms with E-state index in [1.54, 1.807) is 11.3 Å². The molecular weight excluding hydrogens is 276 g/mol. The lowest BCUT2D eigenvalue weighted by Crippen LogP contribution is -2.31. The van der Waals surface area contributed by atoms with Gasteiger partial charge in [0.2, 0.25) is 0 Å². The number of aliphatic hydroxyl groups excluding tert-OH is 1. The van der Waals surface area contributed by atoms with Crippen LogP contribution in [0.3, 0.4) is 0 Å². The molecule has 1 fully saturated rings. The molecule has 1 aromatic heterocycles. The van der Waals surface area contributed by atoms with Gasteiger partial charge in [-0.2, -0.15) is 0 Å². The molecule has 1 N–H and O–H groups in total. The number of thiophene rings is 1. The predicted octanol–water partition coefficient (Wildman–Crippen LogP) is 5.16. The summed E-state index contributed by atoms with van der Waals surface area (Å²) < 4.78 is 0.818. The van der Waals surface area contributed by atoms with E-state index in [0.717, 1.165) is 16.7 Å². The lowest BCUT2D eigenvalue weighted by atomic mass is 9.68. The van der Waals surface area contributed by atoms with Crippen LogP contribution in [0, 0.1) is 17.3 Å². The molecule has 1 nitrogen and oxygen atoms in total. The molecular formula is C16H25ClOS. The van der Waals surface area contributed by atoms with Gasteiger partial charge in [0, 0.05) is 11.3 Å². The molecule has 0 aliphatic heterocycles. The van der Waals surface area contributed by atoms with E-state index in [1.165, 1.54) is 30.6 Å². The molecule has 0 spiro atoms. The molecule has 0 radical (unpaired) electrons. The van der Waals surface area contributed by atoms with Crippen LogP contribution in [0.5, 0.6) is 0 Å². The molecule has 1 heterocycles. The van der Waals surface area contributed by atoms with Crippen molar-refractivity contribution in [1.82, 2.24) is 0 Å². The van der Waals surface area contributed by atoms with Crippen LogP contribution < -0.4 is 0 Å². The molecule has 1 aliphatic carbocycles. The Labute approximate surface area is 126 Å². The maximum absolute atomic E-state index is 10.4. The molecule has 0 saturated heterocycles. The summed E-state index contributed by atoms with van der Waals surface area (Å²) in [6.45, 7) is 7.01. The summed E-state index contributed by atoms with van der Waals surface area (Å²) in [5, 5.41) is 10.4. The van der Waals surface area contributed by atoms with Crippen molar-refractivity contribution < 1.29 is 5.11 Å². The van der Waals surface area contributed by atoms with Crippen LogP contribution in [0.15, 0.2) is 12.1 Å². The molecule has 1 unspecified atom stereocenters. The van der Waals surface area contributed by atoms with Crippen LogP contribution in [0.1, 0.15) is 51.3 Å². The van der Waals surface area contributed by atoms with Crippen molar-refractivity contribution in [2.24, 2.45) is 17.3 Å². The first-order chi connectivity index (χ1) is 8.86. The van der Waals surface area contributed by atoms with Crippen LogP contribution in [0.2, 0.25) is 4.34 Å². The van der Waals surface area contributed by atoms with E-state index in [9.17, 15) is 5.11 Å². The lowest BCUT2D eigenvalue weighted by Gasteiger charge is -2.38. The lowest BCUT2D eigenvalue weighted by molar-refractivity contribution is 0.0542. The third-order valence-corrected chi connectivity index (χ3v) is 5.83. The standard InChI is InChI=1S/C16H25ClOS/c1-16(2,3)12-6-4-11(5-7-12)14(18)10-13-8-9-15(17)19-13/h8-9,11-12,14,18H,4-7,10H2,1-3H3. The van der Waals surface area contributed by atoms with E-state index < -0.39 is 0 Å². The van der Waals surface area contributed by atoms with Crippen molar-refractivity contribution in [2.45, 2.75) is 59.0 Å². The van der Waals surface area contributed by atoms with Gasteiger partial charge in [-0.25, -0.2) is 0 Å². The summed E-state index contributed by atoms with van der Waals surface area (Å²) in [5.74, 6) is 1.28. The first-order valence-corrected chi connectivity index (χ1v) is 8.48. The van der Waals surface area contributed by atoms with E-state index in [2.05, 4.69) is 20.8 Å². The highest BCUT2D eigenvalue weighted by Gasteiger charge is 2.32. The molecule has 1 atom stereocenters. The molecule has 0 bridgehead atoms. The number of rotatable bonds is 3. The first-order valence-electron chi connectivity index (χ1n) is 7.28. The fraction of sp³-hybridized carbons (Fsp3) is 0.750. The minimum atomic E-state index is -0.198. The van der Waals surface area contributed by atoms with Crippen LogP contribution >= 0.6 is 22.9 Å². The maximum atomic E-state index is 10.4. The topological polar surface area (TPSA) is 20.2 Å². The Bertz CT molecular complexity index is 399. The van der Waals surface area contributed by atoms with Gasteiger partial charge >= 0.3 is 0 Å². The van der Waals surface area contributed by atoms with Crippen LogP contribution in [0.25, 0.3) is 0 Å². The van der Waals surface area contributed by atoms with Gasteiger partial charge in [-0.05, 0) is 55.1 Å². The predicted molar refractivity (Wildman–Crippen MR) is 83.9 cm³/mol. The van der Waals surface area contributed by atoms with E-state index >= 15 is 0 Å². The van der Waals surface area contributed by atoms with Gasteiger partial charge in [0.05, 0.1) is 10.4 Å². The number of hydrogen-bond donors (Lipinski definition) is 1. The molecule has 1 aromatic rings. The third kappa shape index (κ3) is 4.21. The number of hydrogen-bond acceptors (Lipinski definition) is 2. The Balaban J connectivity index is 1.84. The van der Waals surface area contributed by atoms with Gasteiger partial charge in [0.25, 0.3) is 0 Å². The minimum Gasteiger partial charge on any atom is -0.392 e. The average Bonchev–Trinajstić information content (AvgIpc) is 2.74. The highest BCUT2D eigenvalue weighted by Crippen LogP contribution is 2.41. The van der Waals surface area contributed by atoms with E-state index in [-0.39, 0.29) is 6.10 Å². The minimum absolute atomic E-state index is 0.198. The molecule has 3 heteroatoms. The fourth-order valence-corrected chi connectivity index (χ4v) is 4.34. The summed E-state index contributed by atoms with van der Waals surface area (Å²) in [5.41, 5.74) is 0.414. The third-order valence-electron chi connectivity index (χ3n) is 4.58. The van der Waals surface area contributed by atoms with Gasteiger partial charge in [-0.3, -0.25) is 0 Å². The Morgan fingerprint density at radius 1 is 1.26 bits per heavy atom. The Kier molecular flexibility index (Phi) is 4.97. The molecule has 0 amide bonds. The summed E-state index contributed by atoms with van der Waals surface area (Å²) in [6.07, 6.45) is 5.43. The van der Waals surface area contributed by atoms with Gasteiger partial charge in [0.1, 0.15) is 0 Å². The van der Waals surface area contributed by atoms with Gasteiger partial charge in [-0.15, -0.1) is 11.3 Å². The molecule has 1 saturated carbocycles. The Morgan fingerprint density at radius 3 is 2.37 bits per heavy atom. The van der Waals surface area contributed by atoms with E-state index in [4.69, 9.17) is 11.6 Å². The van der Waals surface area contributed by atoms with Crippen LogP contribution in [-0.2, 0) is 6.42 Å². The number of halogens is 1. The van der Waals surface area contributed by atoms with Crippen molar-refractivity contribution in [2.75, 3.05) is 0 Å². The van der Waals surface area contributed by atoms with Gasteiger partial charge in [0.15, 0.2) is 0 Å². The average molecular weight is 301 g/mol. The summed E-state index contributed by atoms with van der Waals surface area (Å²) in [7, 11) is 0. The molecule has 108 valence electrons. The van der Waals surface area contributed by atoms with Crippen molar-refractivity contribution >= 4 is 22.9 Å². The second-order valence-electron chi connectivity index (χ2n) is 6.96. The zero-order chi connectivity index (χ0) is 14.0. The van der Waals surface area contributed by atoms with Gasteiger partial charge < -0.3 is 5.11 Å². The van der Waals surface area contributed by atoms with Crippen LogP contribution in [-0.4, -0.2) is 11.2 Å². The van der Waals surface area contributed by atoms with Gasteiger partial charge in [-0.1, -0.05) is 32.4 Å². The van der Waals surface area contributed by atoms with Crippen molar-refractivity contribution in [3.05, 3.63) is 21.3 Å². The Hall–Kier alpha value is -0.0500. The molecule has 19 heavy (non-hydrogen) atoms. The smallest absolute Gasteiger partial charge is 0.0931 e. The summed E-state index contributed by atoms with van der Waals surface area (Å²) >= 11 is 7.53. The molecule has 0 aromatic carbocycles. The highest BCUT2D eigenvalue weighted by atomic mass is 35.5.